The number of hydrogen-bond acceptors (Lipinski definition) is 3. The summed E-state index contributed by atoms with van der Waals surface area (Å²) in [7, 11) is 0. The number of halogens is 1. The molecule has 0 radical (unpaired) electrons. The largest absolute Gasteiger partial charge is 0.475 e. The molecular weight excluding hydrogens is 354 g/mol. The Hall–Kier alpha value is -1.65. The van der Waals surface area contributed by atoms with E-state index in [-0.39, 0.29) is 6.04 Å². The van der Waals surface area contributed by atoms with E-state index in [0.29, 0.717) is 25.2 Å². The number of rotatable bonds is 5. The van der Waals surface area contributed by atoms with Crippen molar-refractivity contribution in [2.45, 2.75) is 24.5 Å². The van der Waals surface area contributed by atoms with Gasteiger partial charge in [-0.15, -0.1) is 0 Å². The van der Waals surface area contributed by atoms with Gasteiger partial charge in [0.25, 0.3) is 0 Å². The van der Waals surface area contributed by atoms with Crippen molar-refractivity contribution < 1.29 is 9.47 Å². The molecule has 1 saturated carbocycles. The van der Waals surface area contributed by atoms with Crippen LogP contribution in [0.3, 0.4) is 0 Å². The van der Waals surface area contributed by atoms with Gasteiger partial charge in [0.15, 0.2) is 0 Å². The van der Waals surface area contributed by atoms with E-state index in [1.165, 1.54) is 5.56 Å². The van der Waals surface area contributed by atoms with Gasteiger partial charge in [-0.1, -0.05) is 46.3 Å². The molecule has 3 nitrogen and oxygen atoms in total. The van der Waals surface area contributed by atoms with Crippen molar-refractivity contribution in [1.29, 1.82) is 0 Å². The first-order valence-corrected chi connectivity index (χ1v) is 8.72. The van der Waals surface area contributed by atoms with Crippen molar-refractivity contribution in [1.82, 2.24) is 0 Å². The van der Waals surface area contributed by atoms with Gasteiger partial charge in [-0.05, 0) is 36.2 Å². The first-order chi connectivity index (χ1) is 11.3. The van der Waals surface area contributed by atoms with Crippen LogP contribution in [0.2, 0.25) is 0 Å². The SMILES string of the molecule is Brc1ccc([C@@H]2C[C@H]2OCC2COC(c3ccccc3)=N2)cc1. The third kappa shape index (κ3) is 3.48. The lowest BCUT2D eigenvalue weighted by molar-refractivity contribution is 0.0961. The molecule has 4 rings (SSSR count). The van der Waals surface area contributed by atoms with Crippen LogP contribution in [0.25, 0.3) is 0 Å². The smallest absolute Gasteiger partial charge is 0.216 e. The van der Waals surface area contributed by atoms with Gasteiger partial charge in [0.1, 0.15) is 12.6 Å². The molecule has 4 heteroatoms. The lowest BCUT2D eigenvalue weighted by Crippen LogP contribution is -2.16. The van der Waals surface area contributed by atoms with Crippen molar-refractivity contribution in [3.05, 3.63) is 70.2 Å². The van der Waals surface area contributed by atoms with E-state index in [0.717, 1.165) is 22.4 Å². The summed E-state index contributed by atoms with van der Waals surface area (Å²) in [6.07, 6.45) is 1.43. The summed E-state index contributed by atoms with van der Waals surface area (Å²) in [6, 6.07) is 18.7. The summed E-state index contributed by atoms with van der Waals surface area (Å²) in [5, 5.41) is 0. The standard InChI is InChI=1S/C19H18BrNO2/c20-15-8-6-13(7-9-15)17-10-18(17)22-11-16-12-23-19(21-16)14-4-2-1-3-5-14/h1-9,16-18H,10-12H2/t16?,17-,18+/m0/s1. The van der Waals surface area contributed by atoms with E-state index in [4.69, 9.17) is 9.47 Å². The van der Waals surface area contributed by atoms with E-state index in [9.17, 15) is 0 Å². The minimum absolute atomic E-state index is 0.108. The highest BCUT2D eigenvalue weighted by molar-refractivity contribution is 9.10. The fourth-order valence-corrected chi connectivity index (χ4v) is 3.16. The van der Waals surface area contributed by atoms with Gasteiger partial charge < -0.3 is 9.47 Å². The molecule has 118 valence electrons. The molecule has 2 aromatic carbocycles. The molecule has 1 heterocycles. The summed E-state index contributed by atoms with van der Waals surface area (Å²) in [5.41, 5.74) is 2.39. The van der Waals surface area contributed by atoms with Crippen LogP contribution >= 0.6 is 15.9 Å². The fraction of sp³-hybridized carbons (Fsp3) is 0.316. The average molecular weight is 372 g/mol. The molecule has 2 aromatic rings. The van der Waals surface area contributed by atoms with Crippen LogP contribution in [0.15, 0.2) is 64.1 Å². The predicted molar refractivity (Wildman–Crippen MR) is 94.0 cm³/mol. The highest BCUT2D eigenvalue weighted by Gasteiger charge is 2.40. The highest BCUT2D eigenvalue weighted by atomic mass is 79.9. The number of aliphatic imine (C=N–C) groups is 1. The molecule has 3 atom stereocenters. The molecule has 0 spiro atoms. The van der Waals surface area contributed by atoms with Gasteiger partial charge in [0.2, 0.25) is 5.90 Å². The maximum absolute atomic E-state index is 6.02. The zero-order chi connectivity index (χ0) is 15.6. The average Bonchev–Trinajstić information content (AvgIpc) is 3.21. The van der Waals surface area contributed by atoms with Gasteiger partial charge in [-0.3, -0.25) is 0 Å². The first-order valence-electron chi connectivity index (χ1n) is 7.93. The Balaban J connectivity index is 1.30. The molecule has 0 amide bonds. The minimum Gasteiger partial charge on any atom is -0.475 e. The second-order valence-corrected chi connectivity index (χ2v) is 6.95. The normalized spacial score (nSPS) is 25.8. The van der Waals surface area contributed by atoms with Crippen LogP contribution in [0, 0.1) is 0 Å². The summed E-state index contributed by atoms with van der Waals surface area (Å²) < 4.78 is 12.8. The van der Waals surface area contributed by atoms with Crippen LogP contribution in [0.5, 0.6) is 0 Å². The molecule has 1 fully saturated rings. The van der Waals surface area contributed by atoms with E-state index >= 15 is 0 Å². The molecule has 0 saturated heterocycles. The Bertz CT molecular complexity index is 699. The molecule has 0 N–H and O–H groups in total. The quantitative estimate of drug-likeness (QED) is 0.789. The Morgan fingerprint density at radius 3 is 2.65 bits per heavy atom. The maximum Gasteiger partial charge on any atom is 0.216 e. The predicted octanol–water partition coefficient (Wildman–Crippen LogP) is 4.17. The van der Waals surface area contributed by atoms with Crippen LogP contribution in [0.4, 0.5) is 0 Å². The zero-order valence-electron chi connectivity index (χ0n) is 12.7. The fourth-order valence-electron chi connectivity index (χ4n) is 2.89. The van der Waals surface area contributed by atoms with Crippen LogP contribution in [-0.2, 0) is 9.47 Å². The number of ether oxygens (including phenoxy) is 2. The summed E-state index contributed by atoms with van der Waals surface area (Å²) >= 11 is 3.47. The maximum atomic E-state index is 6.02. The second-order valence-electron chi connectivity index (χ2n) is 6.03. The van der Waals surface area contributed by atoms with Crippen LogP contribution in [0.1, 0.15) is 23.5 Å². The Kier molecular flexibility index (Phi) is 4.19. The van der Waals surface area contributed by atoms with E-state index in [1.807, 2.05) is 30.3 Å². The molecule has 23 heavy (non-hydrogen) atoms. The first kappa shape index (κ1) is 14.9. The van der Waals surface area contributed by atoms with Crippen molar-refractivity contribution in [3.63, 3.8) is 0 Å². The molecule has 1 aliphatic carbocycles. The number of nitrogens with zero attached hydrogens (tertiary/aromatic N) is 1. The third-order valence-electron chi connectivity index (χ3n) is 4.27. The Morgan fingerprint density at radius 2 is 1.87 bits per heavy atom. The van der Waals surface area contributed by atoms with Gasteiger partial charge in [-0.2, -0.15) is 0 Å². The van der Waals surface area contributed by atoms with Gasteiger partial charge in [-0.25, -0.2) is 4.99 Å². The zero-order valence-corrected chi connectivity index (χ0v) is 14.3. The topological polar surface area (TPSA) is 30.8 Å². The Labute approximate surface area is 144 Å². The minimum atomic E-state index is 0.108. The van der Waals surface area contributed by atoms with Crippen molar-refractivity contribution in [3.8, 4) is 0 Å². The van der Waals surface area contributed by atoms with Gasteiger partial charge >= 0.3 is 0 Å². The van der Waals surface area contributed by atoms with Crippen molar-refractivity contribution >= 4 is 21.8 Å². The molecule has 0 bridgehead atoms. The third-order valence-corrected chi connectivity index (χ3v) is 4.79. The van der Waals surface area contributed by atoms with E-state index in [2.05, 4.69) is 45.2 Å². The second kappa shape index (κ2) is 6.46. The summed E-state index contributed by atoms with van der Waals surface area (Å²) in [4.78, 5) is 4.63. The van der Waals surface area contributed by atoms with Gasteiger partial charge in [0, 0.05) is 16.0 Å². The van der Waals surface area contributed by atoms with E-state index < -0.39 is 0 Å². The van der Waals surface area contributed by atoms with Crippen molar-refractivity contribution in [2.75, 3.05) is 13.2 Å². The summed E-state index contributed by atoms with van der Waals surface area (Å²) in [5.74, 6) is 1.27. The van der Waals surface area contributed by atoms with Crippen molar-refractivity contribution in [2.24, 2.45) is 4.99 Å². The lowest BCUT2D eigenvalue weighted by Gasteiger charge is -2.06. The van der Waals surface area contributed by atoms with Crippen LogP contribution in [-0.4, -0.2) is 31.3 Å². The van der Waals surface area contributed by atoms with Crippen LogP contribution < -0.4 is 0 Å². The molecule has 2 aliphatic rings. The highest BCUT2D eigenvalue weighted by Crippen LogP contribution is 2.43. The Morgan fingerprint density at radius 1 is 1.09 bits per heavy atom. The van der Waals surface area contributed by atoms with E-state index in [1.54, 1.807) is 0 Å². The van der Waals surface area contributed by atoms with Gasteiger partial charge in [0.05, 0.1) is 12.7 Å². The lowest BCUT2D eigenvalue weighted by atomic mass is 10.1. The number of hydrogen-bond donors (Lipinski definition) is 0. The molecule has 1 unspecified atom stereocenters. The number of benzene rings is 2. The molecular formula is C19H18BrNO2. The molecule has 1 aliphatic heterocycles. The monoisotopic (exact) mass is 371 g/mol. The molecule has 0 aromatic heterocycles. The summed E-state index contributed by atoms with van der Waals surface area (Å²) in [6.45, 7) is 1.24.